The first-order valence-electron chi connectivity index (χ1n) is 11.0. The van der Waals surface area contributed by atoms with E-state index in [1.807, 2.05) is 60.1 Å². The molecule has 3 aromatic heterocycles. The lowest BCUT2D eigenvalue weighted by Gasteiger charge is -2.30. The van der Waals surface area contributed by atoms with E-state index in [0.29, 0.717) is 37.6 Å². The summed E-state index contributed by atoms with van der Waals surface area (Å²) in [5, 5.41) is 8.64. The van der Waals surface area contributed by atoms with Crippen LogP contribution in [0.4, 0.5) is 5.69 Å². The van der Waals surface area contributed by atoms with Gasteiger partial charge in [-0.15, -0.1) is 0 Å². The standard InChI is InChI=1S/C23H26N6O3S/c1-16(25-20-9-12-24-29-13-5-8-21(20)29)22-26-19-7-4-3-6-18(19)23(27-22)32-17-10-14-28(15-11-17)33(2,30)31/h3-9,12-13,16-17,25H,10-11,14-15H2,1-2H3/t16-/m0/s1. The van der Waals surface area contributed by atoms with Gasteiger partial charge in [-0.1, -0.05) is 12.1 Å². The van der Waals surface area contributed by atoms with Crippen LogP contribution in [-0.4, -0.2) is 57.8 Å². The van der Waals surface area contributed by atoms with Crippen molar-refractivity contribution in [3.8, 4) is 5.88 Å². The number of sulfonamides is 1. The molecule has 1 aromatic carbocycles. The Labute approximate surface area is 192 Å². The van der Waals surface area contributed by atoms with Gasteiger partial charge in [0.25, 0.3) is 0 Å². The molecule has 1 aliphatic heterocycles. The van der Waals surface area contributed by atoms with Crippen molar-refractivity contribution in [1.29, 1.82) is 0 Å². The summed E-state index contributed by atoms with van der Waals surface area (Å²) in [5.74, 6) is 1.16. The molecule has 1 aliphatic rings. The van der Waals surface area contributed by atoms with E-state index >= 15 is 0 Å². The highest BCUT2D eigenvalue weighted by molar-refractivity contribution is 7.88. The predicted octanol–water partition coefficient (Wildman–Crippen LogP) is 3.25. The van der Waals surface area contributed by atoms with Crippen LogP contribution in [0.15, 0.2) is 54.9 Å². The molecule has 0 bridgehead atoms. The summed E-state index contributed by atoms with van der Waals surface area (Å²) in [6.45, 7) is 2.91. The van der Waals surface area contributed by atoms with E-state index < -0.39 is 10.0 Å². The second-order valence-corrected chi connectivity index (χ2v) is 10.3. The highest BCUT2D eigenvalue weighted by atomic mass is 32.2. The van der Waals surface area contributed by atoms with Gasteiger partial charge in [-0.2, -0.15) is 10.1 Å². The van der Waals surface area contributed by atoms with E-state index in [-0.39, 0.29) is 12.1 Å². The van der Waals surface area contributed by atoms with Gasteiger partial charge in [0.2, 0.25) is 15.9 Å². The van der Waals surface area contributed by atoms with Crippen LogP contribution in [-0.2, 0) is 10.0 Å². The normalized spacial score (nSPS) is 16.8. The molecule has 1 saturated heterocycles. The number of hydrogen-bond donors (Lipinski definition) is 1. The highest BCUT2D eigenvalue weighted by Gasteiger charge is 2.27. The lowest BCUT2D eigenvalue weighted by Crippen LogP contribution is -2.41. The molecule has 0 saturated carbocycles. The molecule has 1 fully saturated rings. The van der Waals surface area contributed by atoms with Crippen LogP contribution in [0.5, 0.6) is 5.88 Å². The van der Waals surface area contributed by atoms with E-state index in [2.05, 4.69) is 10.4 Å². The van der Waals surface area contributed by atoms with Gasteiger partial charge < -0.3 is 10.1 Å². The summed E-state index contributed by atoms with van der Waals surface area (Å²) in [5.41, 5.74) is 2.72. The first-order valence-corrected chi connectivity index (χ1v) is 12.8. The first kappa shape index (κ1) is 21.6. The van der Waals surface area contributed by atoms with Crippen LogP contribution in [0.25, 0.3) is 16.4 Å². The van der Waals surface area contributed by atoms with Gasteiger partial charge in [0.1, 0.15) is 6.10 Å². The van der Waals surface area contributed by atoms with Crippen LogP contribution in [0.2, 0.25) is 0 Å². The average molecular weight is 467 g/mol. The number of aromatic nitrogens is 4. The Bertz CT molecular complexity index is 1400. The molecule has 1 N–H and O–H groups in total. The highest BCUT2D eigenvalue weighted by Crippen LogP contribution is 2.29. The van der Waals surface area contributed by atoms with Crippen LogP contribution >= 0.6 is 0 Å². The van der Waals surface area contributed by atoms with Gasteiger partial charge >= 0.3 is 0 Å². The van der Waals surface area contributed by atoms with Crippen molar-refractivity contribution in [2.75, 3.05) is 24.7 Å². The minimum atomic E-state index is -3.18. The third-order valence-electron chi connectivity index (χ3n) is 5.93. The second-order valence-electron chi connectivity index (χ2n) is 8.33. The predicted molar refractivity (Wildman–Crippen MR) is 127 cm³/mol. The van der Waals surface area contributed by atoms with Gasteiger partial charge in [0, 0.05) is 25.5 Å². The lowest BCUT2D eigenvalue weighted by atomic mass is 10.1. The number of ether oxygens (including phenoxy) is 1. The van der Waals surface area contributed by atoms with Crippen molar-refractivity contribution in [3.63, 3.8) is 0 Å². The number of anilines is 1. The van der Waals surface area contributed by atoms with Gasteiger partial charge in [-0.25, -0.2) is 22.2 Å². The molecule has 9 nitrogen and oxygen atoms in total. The number of nitrogens with one attached hydrogen (secondary N) is 1. The lowest BCUT2D eigenvalue weighted by molar-refractivity contribution is 0.131. The molecular formula is C23H26N6O3S. The molecular weight excluding hydrogens is 440 g/mol. The summed E-state index contributed by atoms with van der Waals surface area (Å²) in [6, 6.07) is 13.5. The summed E-state index contributed by atoms with van der Waals surface area (Å²) < 4.78 is 33.3. The number of piperidine rings is 1. The summed E-state index contributed by atoms with van der Waals surface area (Å²) in [4.78, 5) is 9.55. The summed E-state index contributed by atoms with van der Waals surface area (Å²) in [7, 11) is -3.18. The monoisotopic (exact) mass is 466 g/mol. The van der Waals surface area contributed by atoms with Crippen molar-refractivity contribution in [1.82, 2.24) is 23.9 Å². The number of fused-ring (bicyclic) bond motifs is 2. The molecule has 4 aromatic rings. The zero-order valence-electron chi connectivity index (χ0n) is 18.5. The second kappa shape index (κ2) is 8.60. The molecule has 1 atom stereocenters. The fraction of sp³-hybridized carbons (Fsp3) is 0.348. The number of rotatable bonds is 6. The van der Waals surface area contributed by atoms with Gasteiger partial charge in [0.15, 0.2) is 5.82 Å². The Morgan fingerprint density at radius 2 is 1.88 bits per heavy atom. The molecule has 4 heterocycles. The Balaban J connectivity index is 1.41. The van der Waals surface area contributed by atoms with Crippen molar-refractivity contribution in [2.45, 2.75) is 31.9 Å². The largest absolute Gasteiger partial charge is 0.474 e. The summed E-state index contributed by atoms with van der Waals surface area (Å²) in [6.07, 6.45) is 6.05. The van der Waals surface area contributed by atoms with E-state index in [9.17, 15) is 8.42 Å². The van der Waals surface area contributed by atoms with Crippen LogP contribution < -0.4 is 10.1 Å². The molecule has 0 radical (unpaired) electrons. The van der Waals surface area contributed by atoms with Crippen LogP contribution in [0.1, 0.15) is 31.6 Å². The maximum Gasteiger partial charge on any atom is 0.225 e. The van der Waals surface area contributed by atoms with Crippen LogP contribution in [0, 0.1) is 0 Å². The molecule has 10 heteroatoms. The van der Waals surface area contributed by atoms with Crippen molar-refractivity contribution < 1.29 is 13.2 Å². The zero-order chi connectivity index (χ0) is 23.0. The van der Waals surface area contributed by atoms with E-state index in [1.165, 1.54) is 10.6 Å². The maximum absolute atomic E-state index is 11.8. The smallest absolute Gasteiger partial charge is 0.225 e. The number of para-hydroxylation sites is 1. The molecule has 0 unspecified atom stereocenters. The van der Waals surface area contributed by atoms with Gasteiger partial charge in [-0.05, 0) is 50.1 Å². The molecule has 172 valence electrons. The minimum Gasteiger partial charge on any atom is -0.474 e. The van der Waals surface area contributed by atoms with Crippen LogP contribution in [0.3, 0.4) is 0 Å². The van der Waals surface area contributed by atoms with Crippen molar-refractivity contribution >= 4 is 32.1 Å². The van der Waals surface area contributed by atoms with E-state index in [1.54, 1.807) is 6.20 Å². The minimum absolute atomic E-state index is 0.0991. The van der Waals surface area contributed by atoms with Crippen molar-refractivity contribution in [3.05, 3.63) is 60.7 Å². The average Bonchev–Trinajstić information content (AvgIpc) is 3.29. The molecule has 5 rings (SSSR count). The Morgan fingerprint density at radius 3 is 2.67 bits per heavy atom. The first-order chi connectivity index (χ1) is 15.9. The SMILES string of the molecule is C[C@H](Nc1ccnn2cccc12)c1nc(OC2CCN(S(C)(=O)=O)CC2)c2ccccc2n1. The number of benzene rings is 1. The van der Waals surface area contributed by atoms with Gasteiger partial charge in [0.05, 0.1) is 34.4 Å². The molecule has 0 amide bonds. The van der Waals surface area contributed by atoms with Gasteiger partial charge in [-0.3, -0.25) is 0 Å². The zero-order valence-corrected chi connectivity index (χ0v) is 19.4. The fourth-order valence-electron chi connectivity index (χ4n) is 4.16. The molecule has 33 heavy (non-hydrogen) atoms. The van der Waals surface area contributed by atoms with Crippen molar-refractivity contribution in [2.24, 2.45) is 0 Å². The molecule has 0 spiro atoms. The quantitative estimate of drug-likeness (QED) is 0.465. The summed E-state index contributed by atoms with van der Waals surface area (Å²) >= 11 is 0. The Morgan fingerprint density at radius 1 is 1.09 bits per heavy atom. The maximum atomic E-state index is 11.8. The third kappa shape index (κ3) is 4.49. The number of nitrogens with zero attached hydrogens (tertiary/aromatic N) is 5. The fourth-order valence-corrected chi connectivity index (χ4v) is 5.03. The third-order valence-corrected chi connectivity index (χ3v) is 7.23. The number of hydrogen-bond acceptors (Lipinski definition) is 7. The topological polar surface area (TPSA) is 102 Å². The van der Waals surface area contributed by atoms with E-state index in [4.69, 9.17) is 14.7 Å². The Hall–Kier alpha value is -3.24. The molecule has 0 aliphatic carbocycles. The Kier molecular flexibility index (Phi) is 5.63. The van der Waals surface area contributed by atoms with E-state index in [0.717, 1.165) is 22.1 Å².